The van der Waals surface area contributed by atoms with Crippen LogP contribution in [0, 0.1) is 0 Å². The summed E-state index contributed by atoms with van der Waals surface area (Å²) in [6.07, 6.45) is 1.58. The zero-order valence-electron chi connectivity index (χ0n) is 18.5. The number of hydrogen-bond acceptors (Lipinski definition) is 6. The normalized spacial score (nSPS) is 11.8. The number of rotatable bonds is 6. The molecular formula is C23H22Br3N3O4. The average molecular weight is 644 g/mol. The van der Waals surface area contributed by atoms with E-state index in [1.54, 1.807) is 31.3 Å². The van der Waals surface area contributed by atoms with Gasteiger partial charge in [0.25, 0.3) is 5.56 Å². The number of nitrogens with zero attached hydrogens (tertiary/aromatic N) is 3. The van der Waals surface area contributed by atoms with Crippen LogP contribution in [0.3, 0.4) is 0 Å². The minimum absolute atomic E-state index is 0.207. The maximum atomic E-state index is 13.3. The highest BCUT2D eigenvalue weighted by atomic mass is 79.9. The van der Waals surface area contributed by atoms with Gasteiger partial charge in [0, 0.05) is 9.89 Å². The van der Waals surface area contributed by atoms with Crippen LogP contribution in [-0.2, 0) is 14.9 Å². The Labute approximate surface area is 216 Å². The van der Waals surface area contributed by atoms with Crippen molar-refractivity contribution in [1.29, 1.82) is 0 Å². The van der Waals surface area contributed by atoms with Crippen molar-refractivity contribution >= 4 is 70.9 Å². The number of hydrogen-bond donors (Lipinski definition) is 0. The van der Waals surface area contributed by atoms with Gasteiger partial charge in [-0.05, 0) is 74.7 Å². The van der Waals surface area contributed by atoms with E-state index in [9.17, 15) is 9.59 Å². The van der Waals surface area contributed by atoms with Gasteiger partial charge in [0.05, 0.1) is 32.7 Å². The summed E-state index contributed by atoms with van der Waals surface area (Å²) in [6.45, 7) is 7.76. The van der Waals surface area contributed by atoms with E-state index in [1.165, 1.54) is 4.68 Å². The molecule has 0 spiro atoms. The maximum Gasteiger partial charge on any atom is 0.344 e. The highest BCUT2D eigenvalue weighted by molar-refractivity contribution is 9.11. The van der Waals surface area contributed by atoms with Gasteiger partial charge in [-0.15, -0.1) is 0 Å². The van der Waals surface area contributed by atoms with E-state index < -0.39 is 11.4 Å². The zero-order valence-corrected chi connectivity index (χ0v) is 23.2. The Morgan fingerprint density at radius 1 is 1.15 bits per heavy atom. The molecule has 0 bridgehead atoms. The molecule has 1 heterocycles. The van der Waals surface area contributed by atoms with E-state index in [2.05, 4.69) is 52.9 Å². The van der Waals surface area contributed by atoms with Crippen LogP contribution in [0.2, 0.25) is 0 Å². The van der Waals surface area contributed by atoms with Crippen molar-refractivity contribution in [2.45, 2.75) is 33.1 Å². The fourth-order valence-electron chi connectivity index (χ4n) is 2.99. The molecule has 0 aliphatic heterocycles. The first kappa shape index (κ1) is 25.6. The third-order valence-electron chi connectivity index (χ3n) is 4.46. The lowest BCUT2D eigenvalue weighted by molar-refractivity contribution is -0.145. The first-order valence-corrected chi connectivity index (χ1v) is 12.4. The van der Waals surface area contributed by atoms with Gasteiger partial charge < -0.3 is 9.47 Å². The molecule has 33 heavy (non-hydrogen) atoms. The predicted molar refractivity (Wildman–Crippen MR) is 139 cm³/mol. The van der Waals surface area contributed by atoms with Crippen molar-refractivity contribution in [2.75, 3.05) is 13.2 Å². The molecule has 0 radical (unpaired) electrons. The molecule has 3 rings (SSSR count). The molecule has 7 nitrogen and oxygen atoms in total. The van der Waals surface area contributed by atoms with Crippen LogP contribution < -0.4 is 10.3 Å². The summed E-state index contributed by atoms with van der Waals surface area (Å²) >= 11 is 10.3. The van der Waals surface area contributed by atoms with E-state index in [4.69, 9.17) is 14.5 Å². The van der Waals surface area contributed by atoms with Gasteiger partial charge in [-0.2, -0.15) is 9.78 Å². The van der Waals surface area contributed by atoms with Crippen molar-refractivity contribution in [2.24, 2.45) is 5.10 Å². The third-order valence-corrected chi connectivity index (χ3v) is 6.13. The first-order valence-electron chi connectivity index (χ1n) is 10.1. The van der Waals surface area contributed by atoms with Gasteiger partial charge in [-0.1, -0.05) is 36.7 Å². The van der Waals surface area contributed by atoms with Crippen LogP contribution in [0.15, 0.2) is 53.6 Å². The quantitative estimate of drug-likeness (QED) is 0.250. The lowest BCUT2D eigenvalue weighted by Gasteiger charge is -2.20. The molecule has 0 amide bonds. The summed E-state index contributed by atoms with van der Waals surface area (Å²) in [5.74, 6) is 0.558. The molecule has 2 aromatic carbocycles. The molecule has 174 valence electrons. The summed E-state index contributed by atoms with van der Waals surface area (Å²) < 4.78 is 13.8. The number of carbonyl (C=O) groups is 1. The standard InChI is InChI=1S/C23H22Br3N3O4/c1-5-32-19(30)12-33-20-16(25)8-13(9-17(20)26)11-27-29-21(31)15-10-14(24)6-7-18(15)28-22(29)23(2,3)4/h6-11H,5,12H2,1-4H3. The number of carbonyl (C=O) groups excluding carboxylic acids is 1. The Morgan fingerprint density at radius 3 is 2.42 bits per heavy atom. The predicted octanol–water partition coefficient (Wildman–Crippen LogP) is 5.81. The summed E-state index contributed by atoms with van der Waals surface area (Å²) in [4.78, 5) is 29.6. The molecule has 0 unspecified atom stereocenters. The Hall–Kier alpha value is -2.04. The van der Waals surface area contributed by atoms with E-state index in [0.29, 0.717) is 37.0 Å². The molecule has 1 aromatic heterocycles. The number of aromatic nitrogens is 2. The van der Waals surface area contributed by atoms with Crippen molar-refractivity contribution in [3.8, 4) is 5.75 Å². The monoisotopic (exact) mass is 641 g/mol. The fourth-order valence-corrected chi connectivity index (χ4v) is 4.80. The molecule has 0 saturated carbocycles. The minimum Gasteiger partial charge on any atom is -0.480 e. The molecule has 0 N–H and O–H groups in total. The largest absolute Gasteiger partial charge is 0.480 e. The van der Waals surface area contributed by atoms with Crippen LogP contribution >= 0.6 is 47.8 Å². The minimum atomic E-state index is -0.452. The van der Waals surface area contributed by atoms with E-state index in [1.807, 2.05) is 32.9 Å². The van der Waals surface area contributed by atoms with E-state index in [0.717, 1.165) is 4.47 Å². The van der Waals surface area contributed by atoms with Crippen molar-refractivity contribution in [3.05, 3.63) is 65.5 Å². The molecule has 0 atom stereocenters. The van der Waals surface area contributed by atoms with Gasteiger partial charge in [-0.25, -0.2) is 9.78 Å². The number of fused-ring (bicyclic) bond motifs is 1. The van der Waals surface area contributed by atoms with E-state index >= 15 is 0 Å². The van der Waals surface area contributed by atoms with Crippen molar-refractivity contribution in [3.63, 3.8) is 0 Å². The second kappa shape index (κ2) is 10.5. The highest BCUT2D eigenvalue weighted by Gasteiger charge is 2.23. The smallest absolute Gasteiger partial charge is 0.344 e. The van der Waals surface area contributed by atoms with Gasteiger partial charge in [0.15, 0.2) is 6.61 Å². The number of ether oxygens (including phenoxy) is 2. The van der Waals surface area contributed by atoms with Gasteiger partial charge in [-0.3, -0.25) is 4.79 Å². The maximum absolute atomic E-state index is 13.3. The Bertz CT molecular complexity index is 1270. The SMILES string of the molecule is CCOC(=O)COc1c(Br)cc(C=Nn2c(C(C)(C)C)nc3ccc(Br)cc3c2=O)cc1Br. The van der Waals surface area contributed by atoms with Crippen molar-refractivity contribution in [1.82, 2.24) is 9.66 Å². The second-order valence-electron chi connectivity index (χ2n) is 8.12. The molecule has 0 aliphatic rings. The topological polar surface area (TPSA) is 82.8 Å². The summed E-state index contributed by atoms with van der Waals surface area (Å²) in [6, 6.07) is 8.97. The summed E-state index contributed by atoms with van der Waals surface area (Å²) in [5.41, 5.74) is 0.658. The Kier molecular flexibility index (Phi) is 8.13. The van der Waals surface area contributed by atoms with Crippen LogP contribution in [-0.4, -0.2) is 35.1 Å². The molecule has 0 saturated heterocycles. The highest BCUT2D eigenvalue weighted by Crippen LogP contribution is 2.34. The Morgan fingerprint density at radius 2 is 1.82 bits per heavy atom. The first-order chi connectivity index (χ1) is 15.5. The molecular weight excluding hydrogens is 622 g/mol. The van der Waals surface area contributed by atoms with Crippen LogP contribution in [0.25, 0.3) is 10.9 Å². The van der Waals surface area contributed by atoms with E-state index in [-0.39, 0.29) is 18.8 Å². The molecule has 3 aromatic rings. The number of halogens is 3. The van der Waals surface area contributed by atoms with Gasteiger partial charge >= 0.3 is 5.97 Å². The second-order valence-corrected chi connectivity index (χ2v) is 10.7. The van der Waals surface area contributed by atoms with Crippen LogP contribution in [0.1, 0.15) is 39.1 Å². The van der Waals surface area contributed by atoms with Gasteiger partial charge in [0.1, 0.15) is 11.6 Å². The number of esters is 1. The van der Waals surface area contributed by atoms with Crippen molar-refractivity contribution < 1.29 is 14.3 Å². The lowest BCUT2D eigenvalue weighted by atomic mass is 9.95. The lowest BCUT2D eigenvalue weighted by Crippen LogP contribution is -2.29. The summed E-state index contributed by atoms with van der Waals surface area (Å²) in [5, 5.41) is 4.95. The van der Waals surface area contributed by atoms with Crippen LogP contribution in [0.4, 0.5) is 0 Å². The Balaban J connectivity index is 2.01. The number of benzene rings is 2. The molecule has 10 heteroatoms. The molecule has 0 aliphatic carbocycles. The third kappa shape index (κ3) is 6.10. The van der Waals surface area contributed by atoms with Crippen LogP contribution in [0.5, 0.6) is 5.75 Å². The zero-order chi connectivity index (χ0) is 24.3. The van der Waals surface area contributed by atoms with Gasteiger partial charge in [0.2, 0.25) is 0 Å². The molecule has 0 fully saturated rings. The summed E-state index contributed by atoms with van der Waals surface area (Å²) in [7, 11) is 0. The average Bonchev–Trinajstić information content (AvgIpc) is 2.72. The fraction of sp³-hybridized carbons (Fsp3) is 0.304.